The maximum atomic E-state index is 13.2. The van der Waals surface area contributed by atoms with E-state index in [0.29, 0.717) is 25.5 Å². The first-order valence-electron chi connectivity index (χ1n) is 10.9. The quantitative estimate of drug-likeness (QED) is 0.520. The largest absolute Gasteiger partial charge is 0.382 e. The molecule has 0 amide bonds. The highest BCUT2D eigenvalue weighted by atomic mass is 16.5. The van der Waals surface area contributed by atoms with Gasteiger partial charge in [0.05, 0.1) is 25.1 Å². The summed E-state index contributed by atoms with van der Waals surface area (Å²) in [5.74, 6) is -0.0472. The molecule has 1 aromatic carbocycles. The number of hydrogen-bond acceptors (Lipinski definition) is 8. The van der Waals surface area contributed by atoms with Crippen molar-refractivity contribution in [2.24, 2.45) is 5.73 Å². The zero-order valence-electron chi connectivity index (χ0n) is 18.0. The monoisotopic (exact) mass is 432 g/mol. The highest BCUT2D eigenvalue weighted by molar-refractivity contribution is 6.00. The molecule has 166 valence electrons. The van der Waals surface area contributed by atoms with Crippen LogP contribution in [0.5, 0.6) is 0 Å². The lowest BCUT2D eigenvalue weighted by atomic mass is 10.0. The molecule has 1 aliphatic heterocycles. The van der Waals surface area contributed by atoms with Gasteiger partial charge in [-0.15, -0.1) is 0 Å². The van der Waals surface area contributed by atoms with Crippen LogP contribution in [0.25, 0.3) is 11.3 Å². The maximum absolute atomic E-state index is 13.2. The molecule has 4 rings (SSSR count). The smallest absolute Gasteiger partial charge is 0.189 e. The second kappa shape index (κ2) is 10.3. The molecule has 1 saturated heterocycles. The molecule has 2 aromatic heterocycles. The van der Waals surface area contributed by atoms with Gasteiger partial charge >= 0.3 is 0 Å². The van der Waals surface area contributed by atoms with Crippen molar-refractivity contribution in [2.75, 3.05) is 43.5 Å². The Kier molecular flexibility index (Phi) is 7.03. The Bertz CT molecular complexity index is 1060. The van der Waals surface area contributed by atoms with Crippen LogP contribution in [0.3, 0.4) is 0 Å². The molecule has 0 saturated carbocycles. The number of Topliss-reactive ketones (excluding diaryl/α,β-unsaturated/α-hetero) is 1. The van der Waals surface area contributed by atoms with Crippen LogP contribution in [0.15, 0.2) is 48.9 Å². The summed E-state index contributed by atoms with van der Waals surface area (Å²) in [4.78, 5) is 28.4. The van der Waals surface area contributed by atoms with Crippen LogP contribution in [-0.4, -0.2) is 53.6 Å². The molecule has 3 aromatic rings. The molecule has 32 heavy (non-hydrogen) atoms. The van der Waals surface area contributed by atoms with Crippen molar-refractivity contribution in [2.45, 2.75) is 19.3 Å². The van der Waals surface area contributed by atoms with Crippen molar-refractivity contribution < 1.29 is 9.53 Å². The number of aryl methyl sites for hydroxylation is 1. The first kappa shape index (κ1) is 21.9. The fourth-order valence-corrected chi connectivity index (χ4v) is 3.82. The molecule has 8 heteroatoms. The number of ether oxygens (including phenoxy) is 1. The second-order valence-electron chi connectivity index (χ2n) is 7.78. The summed E-state index contributed by atoms with van der Waals surface area (Å²) in [6.45, 7) is 3.57. The standard InChI is InChI=1S/C24H28N6O2/c25-8-1-2-17-3-5-18(6-4-17)20-16-28-24(26)23(29-20)22(31)14-19-15-27-9-7-21(19)30-10-12-32-13-11-30/h3-7,9,15-16H,1-2,8,10-14,25H2,(H2,26,28). The van der Waals surface area contributed by atoms with E-state index in [-0.39, 0.29) is 23.7 Å². The molecule has 0 bridgehead atoms. The van der Waals surface area contributed by atoms with Crippen molar-refractivity contribution in [3.8, 4) is 11.3 Å². The molecule has 3 heterocycles. The van der Waals surface area contributed by atoms with Gasteiger partial charge in [0.25, 0.3) is 0 Å². The minimum Gasteiger partial charge on any atom is -0.382 e. The molecule has 4 N–H and O–H groups in total. The van der Waals surface area contributed by atoms with Crippen molar-refractivity contribution in [1.29, 1.82) is 0 Å². The third-order valence-electron chi connectivity index (χ3n) is 5.56. The van der Waals surface area contributed by atoms with E-state index in [1.165, 1.54) is 5.56 Å². The van der Waals surface area contributed by atoms with Crippen LogP contribution in [0, 0.1) is 0 Å². The maximum Gasteiger partial charge on any atom is 0.189 e. The molecule has 0 unspecified atom stereocenters. The molecule has 0 spiro atoms. The molecular weight excluding hydrogens is 404 g/mol. The van der Waals surface area contributed by atoms with Crippen molar-refractivity contribution in [3.63, 3.8) is 0 Å². The van der Waals surface area contributed by atoms with Crippen LogP contribution in [0.1, 0.15) is 28.0 Å². The van der Waals surface area contributed by atoms with Crippen molar-refractivity contribution in [1.82, 2.24) is 15.0 Å². The third-order valence-corrected chi connectivity index (χ3v) is 5.56. The number of morpholine rings is 1. The molecular formula is C24H28N6O2. The Hall–Kier alpha value is -3.36. The van der Waals surface area contributed by atoms with Crippen molar-refractivity contribution in [3.05, 3.63) is 65.7 Å². The van der Waals surface area contributed by atoms with E-state index in [9.17, 15) is 4.79 Å². The van der Waals surface area contributed by atoms with E-state index in [1.807, 2.05) is 18.2 Å². The average molecular weight is 433 g/mol. The normalized spacial score (nSPS) is 13.8. The van der Waals surface area contributed by atoms with Gasteiger partial charge in [0, 0.05) is 48.7 Å². The lowest BCUT2D eigenvalue weighted by Gasteiger charge is -2.30. The second-order valence-corrected chi connectivity index (χ2v) is 7.78. The number of nitrogens with zero attached hydrogens (tertiary/aromatic N) is 4. The van der Waals surface area contributed by atoms with Gasteiger partial charge in [-0.3, -0.25) is 9.78 Å². The topological polar surface area (TPSA) is 120 Å². The van der Waals surface area contributed by atoms with Gasteiger partial charge in [0.15, 0.2) is 11.6 Å². The Balaban J connectivity index is 1.55. The molecule has 1 fully saturated rings. The summed E-state index contributed by atoms with van der Waals surface area (Å²) in [7, 11) is 0. The summed E-state index contributed by atoms with van der Waals surface area (Å²) in [5.41, 5.74) is 16.4. The number of pyridine rings is 1. The van der Waals surface area contributed by atoms with E-state index in [2.05, 4.69) is 32.0 Å². The van der Waals surface area contributed by atoms with Crippen LogP contribution in [-0.2, 0) is 17.6 Å². The molecule has 0 radical (unpaired) electrons. The fraction of sp³-hybridized carbons (Fsp3) is 0.333. The number of anilines is 2. The lowest BCUT2D eigenvalue weighted by molar-refractivity contribution is 0.0988. The van der Waals surface area contributed by atoms with E-state index < -0.39 is 0 Å². The fourth-order valence-electron chi connectivity index (χ4n) is 3.82. The van der Waals surface area contributed by atoms with Crippen LogP contribution >= 0.6 is 0 Å². The van der Waals surface area contributed by atoms with Crippen molar-refractivity contribution >= 4 is 17.3 Å². The summed E-state index contributed by atoms with van der Waals surface area (Å²) in [6, 6.07) is 10.0. The highest BCUT2D eigenvalue weighted by Gasteiger charge is 2.20. The van der Waals surface area contributed by atoms with Gasteiger partial charge < -0.3 is 21.1 Å². The molecule has 1 aliphatic rings. The van der Waals surface area contributed by atoms with Crippen LogP contribution in [0.4, 0.5) is 11.5 Å². The number of benzene rings is 1. The number of aromatic nitrogens is 3. The third kappa shape index (κ3) is 5.09. The van der Waals surface area contributed by atoms with Crippen LogP contribution < -0.4 is 16.4 Å². The minimum absolute atomic E-state index is 0.134. The lowest BCUT2D eigenvalue weighted by Crippen LogP contribution is -2.37. The Morgan fingerprint density at radius 3 is 2.62 bits per heavy atom. The predicted octanol–water partition coefficient (Wildman–Crippen LogP) is 2.27. The van der Waals surface area contributed by atoms with E-state index in [1.54, 1.807) is 18.6 Å². The minimum atomic E-state index is -0.182. The average Bonchev–Trinajstić information content (AvgIpc) is 2.84. The number of nitrogen functional groups attached to an aromatic ring is 1. The summed E-state index contributed by atoms with van der Waals surface area (Å²) in [6.07, 6.45) is 7.11. The zero-order valence-corrected chi connectivity index (χ0v) is 18.0. The van der Waals surface area contributed by atoms with Gasteiger partial charge in [-0.1, -0.05) is 24.3 Å². The Morgan fingerprint density at radius 2 is 1.88 bits per heavy atom. The number of ketones is 1. The molecule has 8 nitrogen and oxygen atoms in total. The highest BCUT2D eigenvalue weighted by Crippen LogP contribution is 2.24. The number of carbonyl (C=O) groups excluding carboxylic acids is 1. The van der Waals surface area contributed by atoms with Crippen LogP contribution in [0.2, 0.25) is 0 Å². The van der Waals surface area contributed by atoms with Gasteiger partial charge in [-0.05, 0) is 31.0 Å². The Labute approximate surface area is 187 Å². The Morgan fingerprint density at radius 1 is 1.09 bits per heavy atom. The summed E-state index contributed by atoms with van der Waals surface area (Å²) >= 11 is 0. The van der Waals surface area contributed by atoms with Gasteiger partial charge in [0.2, 0.25) is 0 Å². The number of hydrogen-bond donors (Lipinski definition) is 2. The summed E-state index contributed by atoms with van der Waals surface area (Å²) in [5, 5.41) is 0. The molecule has 0 atom stereocenters. The van der Waals surface area contributed by atoms with E-state index in [4.69, 9.17) is 16.2 Å². The first-order chi connectivity index (χ1) is 15.7. The summed E-state index contributed by atoms with van der Waals surface area (Å²) < 4.78 is 5.44. The predicted molar refractivity (Wildman–Crippen MR) is 125 cm³/mol. The van der Waals surface area contributed by atoms with Gasteiger partial charge in [0.1, 0.15) is 5.69 Å². The SMILES string of the molecule is NCCCc1ccc(-c2cnc(N)c(C(=O)Cc3cnccc3N3CCOCC3)n2)cc1. The van der Waals surface area contributed by atoms with Gasteiger partial charge in [-0.2, -0.15) is 0 Å². The first-order valence-corrected chi connectivity index (χ1v) is 10.9. The van der Waals surface area contributed by atoms with E-state index in [0.717, 1.165) is 42.7 Å². The number of carbonyl (C=O) groups is 1. The number of rotatable bonds is 8. The molecule has 0 aliphatic carbocycles. The van der Waals surface area contributed by atoms with Gasteiger partial charge in [-0.25, -0.2) is 9.97 Å². The van der Waals surface area contributed by atoms with E-state index >= 15 is 0 Å². The number of nitrogens with two attached hydrogens (primary N) is 2. The zero-order chi connectivity index (χ0) is 22.3.